The predicted molar refractivity (Wildman–Crippen MR) is 68.6 cm³/mol. The summed E-state index contributed by atoms with van der Waals surface area (Å²) in [6.45, 7) is 7.89. The third kappa shape index (κ3) is 3.44. The van der Waals surface area contributed by atoms with E-state index in [-0.39, 0.29) is 5.41 Å². The van der Waals surface area contributed by atoms with Crippen LogP contribution < -0.4 is 5.32 Å². The van der Waals surface area contributed by atoms with Gasteiger partial charge in [0.15, 0.2) is 0 Å². The van der Waals surface area contributed by atoms with Gasteiger partial charge in [-0.25, -0.2) is 0 Å². The highest BCUT2D eigenvalue weighted by Crippen LogP contribution is 2.24. The molecule has 2 N–H and O–H groups in total. The number of aliphatic hydroxyl groups is 1. The van der Waals surface area contributed by atoms with Crippen LogP contribution in [0.25, 0.3) is 0 Å². The number of likely N-dealkylation sites (tertiary alicyclic amines) is 1. The standard InChI is InChI=1S/C13H28N2O/c1-4-13(5-2,11-16)10-14-9-12-7-6-8-15(12)3/h12,14,16H,4-11H2,1-3H3. The first-order valence-electron chi connectivity index (χ1n) is 6.69. The highest BCUT2D eigenvalue weighted by atomic mass is 16.3. The average molecular weight is 228 g/mol. The van der Waals surface area contributed by atoms with E-state index in [0.29, 0.717) is 12.6 Å². The fraction of sp³-hybridized carbons (Fsp3) is 1.00. The first-order chi connectivity index (χ1) is 7.67. The number of aliphatic hydroxyl groups excluding tert-OH is 1. The number of nitrogens with zero attached hydrogens (tertiary/aromatic N) is 1. The average Bonchev–Trinajstić information content (AvgIpc) is 2.71. The molecule has 0 aliphatic carbocycles. The van der Waals surface area contributed by atoms with Crippen molar-refractivity contribution in [2.24, 2.45) is 5.41 Å². The SMILES string of the molecule is CCC(CC)(CO)CNCC1CCCN1C. The van der Waals surface area contributed by atoms with Crippen LogP contribution in [0.3, 0.4) is 0 Å². The quantitative estimate of drug-likeness (QED) is 0.692. The Morgan fingerprint density at radius 1 is 1.38 bits per heavy atom. The summed E-state index contributed by atoms with van der Waals surface area (Å²) in [4.78, 5) is 2.44. The number of hydrogen-bond donors (Lipinski definition) is 2. The molecule has 0 bridgehead atoms. The van der Waals surface area contributed by atoms with Gasteiger partial charge in [0.05, 0.1) is 0 Å². The molecule has 96 valence electrons. The van der Waals surface area contributed by atoms with E-state index in [0.717, 1.165) is 25.9 Å². The van der Waals surface area contributed by atoms with Crippen LogP contribution in [-0.2, 0) is 0 Å². The van der Waals surface area contributed by atoms with Crippen LogP contribution in [0, 0.1) is 5.41 Å². The van der Waals surface area contributed by atoms with Crippen molar-refractivity contribution in [1.82, 2.24) is 10.2 Å². The molecule has 0 aromatic rings. The van der Waals surface area contributed by atoms with E-state index in [1.807, 2.05) is 0 Å². The van der Waals surface area contributed by atoms with E-state index in [1.165, 1.54) is 19.4 Å². The molecule has 1 heterocycles. The molecule has 0 spiro atoms. The lowest BCUT2D eigenvalue weighted by atomic mass is 9.83. The summed E-state index contributed by atoms with van der Waals surface area (Å²) >= 11 is 0. The molecule has 0 radical (unpaired) electrons. The van der Waals surface area contributed by atoms with Crippen LogP contribution in [0.5, 0.6) is 0 Å². The van der Waals surface area contributed by atoms with Gasteiger partial charge in [0.1, 0.15) is 0 Å². The lowest BCUT2D eigenvalue weighted by Gasteiger charge is -2.31. The maximum absolute atomic E-state index is 9.47. The molecule has 1 saturated heterocycles. The first-order valence-corrected chi connectivity index (χ1v) is 6.69. The lowest BCUT2D eigenvalue weighted by molar-refractivity contribution is 0.111. The van der Waals surface area contributed by atoms with Crippen LogP contribution in [0.15, 0.2) is 0 Å². The Labute approximate surface area is 100 Å². The summed E-state index contributed by atoms with van der Waals surface area (Å²) in [5, 5.41) is 13.0. The molecule has 1 aliphatic heterocycles. The number of likely N-dealkylation sites (N-methyl/N-ethyl adjacent to an activating group) is 1. The van der Waals surface area contributed by atoms with E-state index >= 15 is 0 Å². The van der Waals surface area contributed by atoms with Gasteiger partial charge in [-0.15, -0.1) is 0 Å². The Morgan fingerprint density at radius 3 is 2.50 bits per heavy atom. The Bertz CT molecular complexity index is 184. The van der Waals surface area contributed by atoms with Crippen molar-refractivity contribution in [3.8, 4) is 0 Å². The molecule has 0 saturated carbocycles. The van der Waals surface area contributed by atoms with Gasteiger partial charge < -0.3 is 15.3 Å². The van der Waals surface area contributed by atoms with Crippen molar-refractivity contribution >= 4 is 0 Å². The molecule has 3 nitrogen and oxygen atoms in total. The Morgan fingerprint density at radius 2 is 2.06 bits per heavy atom. The summed E-state index contributed by atoms with van der Waals surface area (Å²) in [6, 6.07) is 0.699. The lowest BCUT2D eigenvalue weighted by Crippen LogP contribution is -2.42. The van der Waals surface area contributed by atoms with Gasteiger partial charge in [0, 0.05) is 31.2 Å². The topological polar surface area (TPSA) is 35.5 Å². The molecular formula is C13H28N2O. The van der Waals surface area contributed by atoms with Crippen LogP contribution in [0.2, 0.25) is 0 Å². The molecule has 1 unspecified atom stereocenters. The molecule has 1 fully saturated rings. The maximum Gasteiger partial charge on any atom is 0.0499 e. The van der Waals surface area contributed by atoms with Crippen molar-refractivity contribution < 1.29 is 5.11 Å². The fourth-order valence-corrected chi connectivity index (χ4v) is 2.52. The number of hydrogen-bond acceptors (Lipinski definition) is 3. The largest absolute Gasteiger partial charge is 0.396 e. The summed E-state index contributed by atoms with van der Waals surface area (Å²) in [5.41, 5.74) is 0.0944. The van der Waals surface area contributed by atoms with Gasteiger partial charge >= 0.3 is 0 Å². The van der Waals surface area contributed by atoms with Crippen molar-refractivity contribution in [2.45, 2.75) is 45.6 Å². The Balaban J connectivity index is 2.27. The van der Waals surface area contributed by atoms with Crippen molar-refractivity contribution in [3.63, 3.8) is 0 Å². The monoisotopic (exact) mass is 228 g/mol. The van der Waals surface area contributed by atoms with Gasteiger partial charge in [-0.2, -0.15) is 0 Å². The second-order valence-corrected chi connectivity index (χ2v) is 5.27. The first kappa shape index (κ1) is 13.9. The van der Waals surface area contributed by atoms with E-state index < -0.39 is 0 Å². The van der Waals surface area contributed by atoms with Crippen molar-refractivity contribution in [1.29, 1.82) is 0 Å². The summed E-state index contributed by atoms with van der Waals surface area (Å²) in [7, 11) is 2.21. The second-order valence-electron chi connectivity index (χ2n) is 5.27. The molecule has 1 rings (SSSR count). The molecule has 1 aliphatic rings. The summed E-state index contributed by atoms with van der Waals surface area (Å²) in [6.07, 6.45) is 4.74. The van der Waals surface area contributed by atoms with Crippen LogP contribution in [0.4, 0.5) is 0 Å². The molecule has 1 atom stereocenters. The Kier molecular flexibility index (Phi) is 5.73. The summed E-state index contributed by atoms with van der Waals surface area (Å²) < 4.78 is 0. The number of rotatable bonds is 7. The van der Waals surface area contributed by atoms with Gasteiger partial charge in [0.2, 0.25) is 0 Å². The van der Waals surface area contributed by atoms with Crippen LogP contribution in [0.1, 0.15) is 39.5 Å². The smallest absolute Gasteiger partial charge is 0.0499 e. The molecule has 0 amide bonds. The van der Waals surface area contributed by atoms with E-state index in [9.17, 15) is 5.11 Å². The highest BCUT2D eigenvalue weighted by molar-refractivity contribution is 4.82. The second kappa shape index (κ2) is 6.58. The Hall–Kier alpha value is -0.120. The van der Waals surface area contributed by atoms with Gasteiger partial charge in [-0.05, 0) is 39.3 Å². The van der Waals surface area contributed by atoms with Gasteiger partial charge in [0.25, 0.3) is 0 Å². The van der Waals surface area contributed by atoms with Gasteiger partial charge in [-0.3, -0.25) is 0 Å². The zero-order chi connectivity index (χ0) is 12.0. The van der Waals surface area contributed by atoms with Gasteiger partial charge in [-0.1, -0.05) is 13.8 Å². The van der Waals surface area contributed by atoms with Crippen molar-refractivity contribution in [2.75, 3.05) is 33.3 Å². The molecular weight excluding hydrogens is 200 g/mol. The third-order valence-electron chi connectivity index (χ3n) is 4.39. The van der Waals surface area contributed by atoms with E-state index in [2.05, 4.69) is 31.1 Å². The molecule has 3 heteroatoms. The highest BCUT2D eigenvalue weighted by Gasteiger charge is 2.26. The number of nitrogens with one attached hydrogen (secondary N) is 1. The fourth-order valence-electron chi connectivity index (χ4n) is 2.52. The minimum Gasteiger partial charge on any atom is -0.396 e. The molecule has 16 heavy (non-hydrogen) atoms. The maximum atomic E-state index is 9.47. The van der Waals surface area contributed by atoms with Crippen LogP contribution >= 0.6 is 0 Å². The normalized spacial score (nSPS) is 22.9. The predicted octanol–water partition coefficient (Wildman–Crippen LogP) is 1.47. The van der Waals surface area contributed by atoms with Crippen molar-refractivity contribution in [3.05, 3.63) is 0 Å². The van der Waals surface area contributed by atoms with E-state index in [1.54, 1.807) is 0 Å². The van der Waals surface area contributed by atoms with E-state index in [4.69, 9.17) is 0 Å². The van der Waals surface area contributed by atoms with Crippen LogP contribution in [-0.4, -0.2) is 49.3 Å². The summed E-state index contributed by atoms with van der Waals surface area (Å²) in [5.74, 6) is 0. The zero-order valence-electron chi connectivity index (χ0n) is 11.1. The third-order valence-corrected chi connectivity index (χ3v) is 4.39. The minimum atomic E-state index is 0.0944. The minimum absolute atomic E-state index is 0.0944. The molecule has 0 aromatic carbocycles. The zero-order valence-corrected chi connectivity index (χ0v) is 11.1. The molecule has 0 aromatic heterocycles.